The average Bonchev–Trinajstić information content (AvgIpc) is 2.74. The third-order valence-corrected chi connectivity index (χ3v) is 2.18. The molecular formula is C11H8FN3O2. The van der Waals surface area contributed by atoms with Gasteiger partial charge in [0.25, 0.3) is 0 Å². The van der Waals surface area contributed by atoms with Crippen LogP contribution in [-0.2, 0) is 0 Å². The molecule has 0 saturated carbocycles. The van der Waals surface area contributed by atoms with Gasteiger partial charge in [0.15, 0.2) is 23.1 Å². The van der Waals surface area contributed by atoms with Gasteiger partial charge in [0.1, 0.15) is 6.07 Å². The first-order valence-electron chi connectivity index (χ1n) is 4.66. The number of nitrogens with zero attached hydrogens (tertiary/aromatic N) is 2. The van der Waals surface area contributed by atoms with Crippen LogP contribution in [0.1, 0.15) is 5.56 Å². The topological polar surface area (TPSA) is 85.1 Å². The fraction of sp³-hybridized carbons (Fsp3) is 0.0909. The Labute approximate surface area is 96.2 Å². The summed E-state index contributed by atoms with van der Waals surface area (Å²) in [6.07, 6.45) is 0. The molecule has 0 aliphatic heterocycles. The minimum atomic E-state index is -0.642. The number of rotatable bonds is 2. The van der Waals surface area contributed by atoms with Crippen molar-refractivity contribution in [3.8, 4) is 23.1 Å². The van der Waals surface area contributed by atoms with E-state index < -0.39 is 5.82 Å². The molecule has 5 nitrogen and oxygen atoms in total. The highest BCUT2D eigenvalue weighted by Gasteiger charge is 2.14. The van der Waals surface area contributed by atoms with Crippen molar-refractivity contribution in [2.24, 2.45) is 0 Å². The summed E-state index contributed by atoms with van der Waals surface area (Å²) in [7, 11) is 1.30. The van der Waals surface area contributed by atoms with Gasteiger partial charge in [0.2, 0.25) is 0 Å². The van der Waals surface area contributed by atoms with Gasteiger partial charge in [-0.15, -0.1) is 0 Å². The lowest BCUT2D eigenvalue weighted by Crippen LogP contribution is -1.93. The van der Waals surface area contributed by atoms with E-state index in [0.717, 1.165) is 0 Å². The summed E-state index contributed by atoms with van der Waals surface area (Å²) < 4.78 is 23.3. The van der Waals surface area contributed by atoms with Gasteiger partial charge in [-0.3, -0.25) is 0 Å². The van der Waals surface area contributed by atoms with E-state index in [9.17, 15) is 4.39 Å². The fourth-order valence-corrected chi connectivity index (χ4v) is 1.45. The number of anilines is 1. The van der Waals surface area contributed by atoms with Gasteiger partial charge >= 0.3 is 0 Å². The van der Waals surface area contributed by atoms with Crippen LogP contribution in [-0.4, -0.2) is 12.3 Å². The second-order valence-corrected chi connectivity index (χ2v) is 3.27. The van der Waals surface area contributed by atoms with Crippen molar-refractivity contribution in [1.29, 1.82) is 5.26 Å². The standard InChI is InChI=1S/C11H8FN3O2/c1-16-11-7(5-13)2-6(3-8(11)12)9-4-10(14)15-17-9/h2-4H,1H3,(H2,14,15). The summed E-state index contributed by atoms with van der Waals surface area (Å²) in [4.78, 5) is 0. The predicted molar refractivity (Wildman–Crippen MR) is 57.6 cm³/mol. The molecule has 0 radical (unpaired) electrons. The first-order chi connectivity index (χ1) is 8.15. The Morgan fingerprint density at radius 1 is 1.47 bits per heavy atom. The highest BCUT2D eigenvalue weighted by molar-refractivity contribution is 5.65. The van der Waals surface area contributed by atoms with Crippen LogP contribution in [0.4, 0.5) is 10.2 Å². The molecule has 86 valence electrons. The van der Waals surface area contributed by atoms with Crippen LogP contribution in [0.3, 0.4) is 0 Å². The molecule has 0 atom stereocenters. The van der Waals surface area contributed by atoms with Gasteiger partial charge in [0, 0.05) is 11.6 Å². The van der Waals surface area contributed by atoms with E-state index in [1.54, 1.807) is 0 Å². The van der Waals surface area contributed by atoms with Gasteiger partial charge in [-0.25, -0.2) is 4.39 Å². The van der Waals surface area contributed by atoms with E-state index in [-0.39, 0.29) is 17.1 Å². The van der Waals surface area contributed by atoms with Crippen LogP contribution in [0.15, 0.2) is 22.7 Å². The van der Waals surface area contributed by atoms with Gasteiger partial charge in [-0.2, -0.15) is 5.26 Å². The molecule has 2 rings (SSSR count). The van der Waals surface area contributed by atoms with Crippen LogP contribution >= 0.6 is 0 Å². The second-order valence-electron chi connectivity index (χ2n) is 3.27. The molecule has 6 heteroatoms. The number of hydrogen-bond donors (Lipinski definition) is 1. The summed E-state index contributed by atoms with van der Waals surface area (Å²) in [6, 6.07) is 5.93. The van der Waals surface area contributed by atoms with Crippen LogP contribution < -0.4 is 10.5 Å². The van der Waals surface area contributed by atoms with Crippen LogP contribution in [0, 0.1) is 17.1 Å². The molecule has 1 aromatic carbocycles. The van der Waals surface area contributed by atoms with Crippen molar-refractivity contribution in [2.45, 2.75) is 0 Å². The van der Waals surface area contributed by atoms with E-state index in [2.05, 4.69) is 5.16 Å². The molecule has 0 fully saturated rings. The van der Waals surface area contributed by atoms with Crippen LogP contribution in [0.25, 0.3) is 11.3 Å². The number of ether oxygens (including phenoxy) is 1. The summed E-state index contributed by atoms with van der Waals surface area (Å²) in [5, 5.41) is 12.4. The van der Waals surface area contributed by atoms with E-state index in [0.29, 0.717) is 11.3 Å². The summed E-state index contributed by atoms with van der Waals surface area (Å²) in [6.45, 7) is 0. The molecule has 17 heavy (non-hydrogen) atoms. The first-order valence-corrected chi connectivity index (χ1v) is 4.66. The molecule has 0 bridgehead atoms. The Hall–Kier alpha value is -2.55. The quantitative estimate of drug-likeness (QED) is 0.856. The van der Waals surface area contributed by atoms with Gasteiger partial charge < -0.3 is 15.0 Å². The number of benzene rings is 1. The highest BCUT2D eigenvalue weighted by atomic mass is 19.1. The zero-order valence-electron chi connectivity index (χ0n) is 8.90. The predicted octanol–water partition coefficient (Wildman–Crippen LogP) is 1.94. The molecule has 0 saturated heterocycles. The van der Waals surface area contributed by atoms with Gasteiger partial charge in [0.05, 0.1) is 12.7 Å². The smallest absolute Gasteiger partial charge is 0.172 e. The Balaban J connectivity index is 2.58. The number of nitrogens with two attached hydrogens (primary N) is 1. The van der Waals surface area contributed by atoms with E-state index in [1.165, 1.54) is 25.3 Å². The van der Waals surface area contributed by atoms with Crippen molar-refractivity contribution < 1.29 is 13.7 Å². The number of nitrogen functional groups attached to an aromatic ring is 1. The van der Waals surface area contributed by atoms with E-state index >= 15 is 0 Å². The Morgan fingerprint density at radius 3 is 2.76 bits per heavy atom. The van der Waals surface area contributed by atoms with Gasteiger partial charge in [-0.1, -0.05) is 5.16 Å². The largest absolute Gasteiger partial charge is 0.492 e. The molecule has 0 spiro atoms. The third kappa shape index (κ3) is 1.90. The average molecular weight is 233 g/mol. The summed E-state index contributed by atoms with van der Waals surface area (Å²) in [5.74, 6) is -0.254. The number of aromatic nitrogens is 1. The van der Waals surface area contributed by atoms with E-state index in [1.807, 2.05) is 6.07 Å². The molecule has 0 amide bonds. The summed E-state index contributed by atoms with van der Waals surface area (Å²) >= 11 is 0. The maximum atomic E-state index is 13.6. The molecule has 1 heterocycles. The molecule has 0 aliphatic carbocycles. The van der Waals surface area contributed by atoms with Crippen molar-refractivity contribution in [3.63, 3.8) is 0 Å². The first kappa shape index (κ1) is 11.0. The van der Waals surface area contributed by atoms with E-state index in [4.69, 9.17) is 20.3 Å². The second kappa shape index (κ2) is 4.14. The Morgan fingerprint density at radius 2 is 2.24 bits per heavy atom. The molecule has 1 aromatic heterocycles. The lowest BCUT2D eigenvalue weighted by atomic mass is 10.1. The number of nitriles is 1. The molecular weight excluding hydrogens is 225 g/mol. The maximum Gasteiger partial charge on any atom is 0.172 e. The highest BCUT2D eigenvalue weighted by Crippen LogP contribution is 2.30. The minimum absolute atomic E-state index is 0.0810. The zero-order chi connectivity index (χ0) is 12.4. The monoisotopic (exact) mass is 233 g/mol. The number of halogens is 1. The number of methoxy groups -OCH3 is 1. The van der Waals surface area contributed by atoms with Crippen LogP contribution in [0.2, 0.25) is 0 Å². The molecule has 2 aromatic rings. The van der Waals surface area contributed by atoms with Crippen molar-refractivity contribution in [3.05, 3.63) is 29.6 Å². The summed E-state index contributed by atoms with van der Waals surface area (Å²) in [5.41, 5.74) is 5.85. The third-order valence-electron chi connectivity index (χ3n) is 2.18. The van der Waals surface area contributed by atoms with Crippen molar-refractivity contribution >= 4 is 5.82 Å². The zero-order valence-corrected chi connectivity index (χ0v) is 8.90. The number of hydrogen-bond acceptors (Lipinski definition) is 5. The van der Waals surface area contributed by atoms with Crippen molar-refractivity contribution in [1.82, 2.24) is 5.16 Å². The van der Waals surface area contributed by atoms with Gasteiger partial charge in [-0.05, 0) is 12.1 Å². The normalized spacial score (nSPS) is 9.94. The SMILES string of the molecule is COc1c(F)cc(-c2cc(N)no2)cc1C#N. The van der Waals surface area contributed by atoms with Crippen LogP contribution in [0.5, 0.6) is 5.75 Å². The van der Waals surface area contributed by atoms with Crippen molar-refractivity contribution in [2.75, 3.05) is 12.8 Å². The Bertz CT molecular complexity index is 601. The lowest BCUT2D eigenvalue weighted by Gasteiger charge is -2.05. The molecule has 0 aliphatic rings. The fourth-order valence-electron chi connectivity index (χ4n) is 1.45. The minimum Gasteiger partial charge on any atom is -0.492 e. The lowest BCUT2D eigenvalue weighted by molar-refractivity contribution is 0.385. The Kier molecular flexibility index (Phi) is 2.66. The molecule has 0 unspecified atom stereocenters. The maximum absolute atomic E-state index is 13.6. The molecule has 2 N–H and O–H groups in total.